The molecule has 1 N–H and O–H groups in total. The minimum Gasteiger partial charge on any atom is -0.507 e. The highest BCUT2D eigenvalue weighted by molar-refractivity contribution is 9.10. The highest BCUT2D eigenvalue weighted by Crippen LogP contribution is 2.23. The molecule has 20 heavy (non-hydrogen) atoms. The number of phenols is 1. The number of aromatic hydroxyl groups is 1. The van der Waals surface area contributed by atoms with Gasteiger partial charge in [0.15, 0.2) is 0 Å². The van der Waals surface area contributed by atoms with E-state index in [0.29, 0.717) is 13.2 Å². The largest absolute Gasteiger partial charge is 0.507 e. The summed E-state index contributed by atoms with van der Waals surface area (Å²) in [6.07, 6.45) is 4.73. The van der Waals surface area contributed by atoms with Gasteiger partial charge in [-0.05, 0) is 30.2 Å². The molecule has 2 rings (SSSR count). The van der Waals surface area contributed by atoms with Gasteiger partial charge in [-0.25, -0.2) is 0 Å². The van der Waals surface area contributed by atoms with Crippen molar-refractivity contribution >= 4 is 22.0 Å². The molecule has 0 aromatic heterocycles. The topological polar surface area (TPSA) is 29.5 Å². The van der Waals surface area contributed by atoms with Gasteiger partial charge >= 0.3 is 0 Å². The third-order valence-electron chi connectivity index (χ3n) is 2.83. The van der Waals surface area contributed by atoms with Gasteiger partial charge in [0.25, 0.3) is 0 Å². The summed E-state index contributed by atoms with van der Waals surface area (Å²) >= 11 is 3.39. The fourth-order valence-corrected chi connectivity index (χ4v) is 2.16. The standard InChI is InChI=1S/C17H17BrO2/c18-16-9-10-17(19)15(12-16)8-4-5-11-20-13-14-6-2-1-3-7-14/h1-4,6-10,12,19H,5,11,13H2/b8-4+. The summed E-state index contributed by atoms with van der Waals surface area (Å²) in [5.74, 6) is 0.287. The van der Waals surface area contributed by atoms with Crippen molar-refractivity contribution in [2.24, 2.45) is 0 Å². The average Bonchev–Trinajstić information content (AvgIpc) is 2.47. The molecule has 2 aromatic carbocycles. The molecule has 0 heterocycles. The second kappa shape index (κ2) is 7.88. The molecule has 0 atom stereocenters. The van der Waals surface area contributed by atoms with Gasteiger partial charge in [-0.2, -0.15) is 0 Å². The predicted molar refractivity (Wildman–Crippen MR) is 85.6 cm³/mol. The quantitative estimate of drug-likeness (QED) is 0.771. The molecule has 0 bridgehead atoms. The van der Waals surface area contributed by atoms with Crippen LogP contribution in [0, 0.1) is 0 Å². The van der Waals surface area contributed by atoms with E-state index in [1.807, 2.05) is 42.5 Å². The zero-order valence-corrected chi connectivity index (χ0v) is 12.7. The first kappa shape index (κ1) is 14.8. The van der Waals surface area contributed by atoms with Crippen molar-refractivity contribution in [3.8, 4) is 5.75 Å². The summed E-state index contributed by atoms with van der Waals surface area (Å²) < 4.78 is 6.54. The smallest absolute Gasteiger partial charge is 0.122 e. The van der Waals surface area contributed by atoms with Crippen molar-refractivity contribution in [2.45, 2.75) is 13.0 Å². The van der Waals surface area contributed by atoms with Gasteiger partial charge in [0.05, 0.1) is 13.2 Å². The average molecular weight is 333 g/mol. The molecule has 3 heteroatoms. The molecule has 0 aliphatic carbocycles. The number of benzene rings is 2. The summed E-state index contributed by atoms with van der Waals surface area (Å²) in [7, 11) is 0. The first-order valence-electron chi connectivity index (χ1n) is 6.52. The Morgan fingerprint density at radius 2 is 1.90 bits per heavy atom. The minimum absolute atomic E-state index is 0.287. The van der Waals surface area contributed by atoms with E-state index in [1.165, 1.54) is 5.56 Å². The maximum Gasteiger partial charge on any atom is 0.122 e. The Balaban J connectivity index is 1.73. The second-order valence-corrected chi connectivity index (χ2v) is 5.35. The van der Waals surface area contributed by atoms with Crippen molar-refractivity contribution in [1.29, 1.82) is 0 Å². The molecule has 0 fully saturated rings. The van der Waals surface area contributed by atoms with Crippen molar-refractivity contribution < 1.29 is 9.84 Å². The lowest BCUT2D eigenvalue weighted by Gasteiger charge is -2.02. The van der Waals surface area contributed by atoms with Crippen LogP contribution in [-0.4, -0.2) is 11.7 Å². The highest BCUT2D eigenvalue weighted by atomic mass is 79.9. The normalized spacial score (nSPS) is 11.1. The van der Waals surface area contributed by atoms with Crippen LogP contribution in [0.2, 0.25) is 0 Å². The monoisotopic (exact) mass is 332 g/mol. The summed E-state index contributed by atoms with van der Waals surface area (Å²) in [4.78, 5) is 0. The Morgan fingerprint density at radius 1 is 1.10 bits per heavy atom. The minimum atomic E-state index is 0.287. The molecule has 2 nitrogen and oxygen atoms in total. The van der Waals surface area contributed by atoms with E-state index in [4.69, 9.17) is 4.74 Å². The van der Waals surface area contributed by atoms with Gasteiger partial charge in [0.1, 0.15) is 5.75 Å². The van der Waals surface area contributed by atoms with Crippen LogP contribution in [0.4, 0.5) is 0 Å². The number of phenolic OH excluding ortho intramolecular Hbond substituents is 1. The summed E-state index contributed by atoms with van der Waals surface area (Å²) in [6, 6.07) is 15.5. The van der Waals surface area contributed by atoms with Crippen LogP contribution in [0.5, 0.6) is 5.75 Å². The fourth-order valence-electron chi connectivity index (χ4n) is 1.78. The van der Waals surface area contributed by atoms with Gasteiger partial charge in [0, 0.05) is 10.0 Å². The zero-order valence-electron chi connectivity index (χ0n) is 11.1. The Hall–Kier alpha value is -1.58. The first-order chi connectivity index (χ1) is 9.75. The maximum atomic E-state index is 9.68. The van der Waals surface area contributed by atoms with Crippen LogP contribution < -0.4 is 0 Å². The van der Waals surface area contributed by atoms with E-state index in [-0.39, 0.29) is 5.75 Å². The van der Waals surface area contributed by atoms with E-state index in [0.717, 1.165) is 16.5 Å². The van der Waals surface area contributed by atoms with Gasteiger partial charge < -0.3 is 9.84 Å². The summed E-state index contributed by atoms with van der Waals surface area (Å²) in [5.41, 5.74) is 1.99. The van der Waals surface area contributed by atoms with Gasteiger partial charge in [0.2, 0.25) is 0 Å². The Labute approximate surface area is 127 Å². The lowest BCUT2D eigenvalue weighted by Crippen LogP contribution is -1.93. The van der Waals surface area contributed by atoms with Crippen molar-refractivity contribution in [3.63, 3.8) is 0 Å². The van der Waals surface area contributed by atoms with Crippen LogP contribution in [0.25, 0.3) is 6.08 Å². The Morgan fingerprint density at radius 3 is 2.70 bits per heavy atom. The highest BCUT2D eigenvalue weighted by Gasteiger charge is 1.97. The second-order valence-electron chi connectivity index (χ2n) is 4.43. The maximum absolute atomic E-state index is 9.68. The molecular weight excluding hydrogens is 316 g/mol. The number of hydrogen-bond donors (Lipinski definition) is 1. The van der Waals surface area contributed by atoms with E-state index < -0.39 is 0 Å². The molecule has 0 aliphatic rings. The van der Waals surface area contributed by atoms with E-state index in [2.05, 4.69) is 28.1 Å². The zero-order chi connectivity index (χ0) is 14.2. The molecule has 0 amide bonds. The van der Waals surface area contributed by atoms with Gasteiger partial charge in [-0.1, -0.05) is 58.4 Å². The number of ether oxygens (including phenoxy) is 1. The third-order valence-corrected chi connectivity index (χ3v) is 3.32. The van der Waals surface area contributed by atoms with Crippen LogP contribution >= 0.6 is 15.9 Å². The van der Waals surface area contributed by atoms with E-state index in [1.54, 1.807) is 6.07 Å². The fraction of sp³-hybridized carbons (Fsp3) is 0.176. The van der Waals surface area contributed by atoms with Crippen molar-refractivity contribution in [1.82, 2.24) is 0 Å². The number of halogens is 1. The lowest BCUT2D eigenvalue weighted by atomic mass is 10.2. The van der Waals surface area contributed by atoms with Crippen LogP contribution in [0.15, 0.2) is 59.1 Å². The van der Waals surface area contributed by atoms with Crippen molar-refractivity contribution in [2.75, 3.05) is 6.61 Å². The van der Waals surface area contributed by atoms with E-state index in [9.17, 15) is 5.11 Å². The molecular formula is C17H17BrO2. The predicted octanol–water partition coefficient (Wildman–Crippen LogP) is 4.77. The third kappa shape index (κ3) is 4.83. The molecule has 0 unspecified atom stereocenters. The van der Waals surface area contributed by atoms with Gasteiger partial charge in [-0.3, -0.25) is 0 Å². The Kier molecular flexibility index (Phi) is 5.84. The van der Waals surface area contributed by atoms with Gasteiger partial charge in [-0.15, -0.1) is 0 Å². The molecule has 0 spiro atoms. The van der Waals surface area contributed by atoms with Crippen LogP contribution in [-0.2, 0) is 11.3 Å². The summed E-state index contributed by atoms with van der Waals surface area (Å²) in [6.45, 7) is 1.30. The number of rotatable bonds is 6. The lowest BCUT2D eigenvalue weighted by molar-refractivity contribution is 0.125. The molecule has 104 valence electrons. The SMILES string of the molecule is Oc1ccc(Br)cc1/C=C/CCOCc1ccccc1. The molecule has 0 aliphatic heterocycles. The molecule has 2 aromatic rings. The molecule has 0 saturated heterocycles. The summed E-state index contributed by atoms with van der Waals surface area (Å²) in [5, 5.41) is 9.68. The van der Waals surface area contributed by atoms with Crippen LogP contribution in [0.1, 0.15) is 17.5 Å². The molecule has 0 saturated carbocycles. The first-order valence-corrected chi connectivity index (χ1v) is 7.32. The molecule has 0 radical (unpaired) electrons. The number of hydrogen-bond acceptors (Lipinski definition) is 2. The van der Waals surface area contributed by atoms with Crippen molar-refractivity contribution in [3.05, 3.63) is 70.2 Å². The van der Waals surface area contributed by atoms with E-state index >= 15 is 0 Å². The van der Waals surface area contributed by atoms with Crippen LogP contribution in [0.3, 0.4) is 0 Å². The Bertz CT molecular complexity index is 564.